The van der Waals surface area contributed by atoms with Crippen LogP contribution in [0.2, 0.25) is 0 Å². The molecule has 96 valence electrons. The van der Waals surface area contributed by atoms with E-state index in [2.05, 4.69) is 12.1 Å². The zero-order valence-corrected chi connectivity index (χ0v) is 11.0. The van der Waals surface area contributed by atoms with Crippen LogP contribution >= 0.6 is 0 Å². The monoisotopic (exact) mass is 242 g/mol. The van der Waals surface area contributed by atoms with Gasteiger partial charge in [0.05, 0.1) is 24.0 Å². The molecule has 3 rings (SSSR count). The summed E-state index contributed by atoms with van der Waals surface area (Å²) in [5.41, 5.74) is 0. The van der Waals surface area contributed by atoms with Crippen LogP contribution in [0.1, 0.15) is 51.4 Å². The highest BCUT2D eigenvalue weighted by atomic mass is 14.6. The molecule has 0 aromatic rings. The molecule has 2 nitrogen and oxygen atoms in total. The zero-order chi connectivity index (χ0) is 12.5. The Morgan fingerprint density at radius 3 is 1.06 bits per heavy atom. The third kappa shape index (κ3) is 1.74. The van der Waals surface area contributed by atoms with Gasteiger partial charge in [0.1, 0.15) is 0 Å². The molecule has 4 unspecified atom stereocenters. The summed E-state index contributed by atoms with van der Waals surface area (Å²) >= 11 is 0. The first kappa shape index (κ1) is 12.0. The minimum absolute atomic E-state index is 0.255. The lowest BCUT2D eigenvalue weighted by molar-refractivity contribution is -0.0177. The number of nitrogens with zero attached hydrogens (tertiary/aromatic N) is 2. The second kappa shape index (κ2) is 4.93. The molecule has 0 spiro atoms. The molecule has 0 heterocycles. The maximum atomic E-state index is 9.59. The van der Waals surface area contributed by atoms with Crippen molar-refractivity contribution in [3.8, 4) is 12.1 Å². The maximum absolute atomic E-state index is 9.59. The van der Waals surface area contributed by atoms with Crippen molar-refractivity contribution in [1.82, 2.24) is 0 Å². The van der Waals surface area contributed by atoms with E-state index in [9.17, 15) is 10.5 Å². The molecule has 3 saturated carbocycles. The van der Waals surface area contributed by atoms with Gasteiger partial charge in [-0.05, 0) is 49.4 Å². The van der Waals surface area contributed by atoms with Crippen molar-refractivity contribution in [2.75, 3.05) is 0 Å². The minimum atomic E-state index is 0.255. The van der Waals surface area contributed by atoms with Crippen molar-refractivity contribution < 1.29 is 0 Å². The second-order valence-electron chi connectivity index (χ2n) is 6.53. The van der Waals surface area contributed by atoms with E-state index in [1.807, 2.05) is 0 Å². The van der Waals surface area contributed by atoms with E-state index in [1.54, 1.807) is 0 Å². The predicted molar refractivity (Wildman–Crippen MR) is 69.1 cm³/mol. The van der Waals surface area contributed by atoms with Crippen molar-refractivity contribution >= 4 is 0 Å². The first-order chi connectivity index (χ1) is 8.86. The molecule has 0 amide bonds. The van der Waals surface area contributed by atoms with Crippen LogP contribution in [-0.2, 0) is 0 Å². The van der Waals surface area contributed by atoms with E-state index in [0.29, 0.717) is 23.7 Å². The number of rotatable bonds is 0. The summed E-state index contributed by atoms with van der Waals surface area (Å²) in [5, 5.41) is 19.2. The number of hydrogen-bond acceptors (Lipinski definition) is 2. The first-order valence-electron chi connectivity index (χ1n) is 7.66. The highest BCUT2D eigenvalue weighted by Gasteiger charge is 2.51. The lowest BCUT2D eigenvalue weighted by Crippen LogP contribution is -2.47. The fourth-order valence-corrected chi connectivity index (χ4v) is 5.18. The number of hydrogen-bond donors (Lipinski definition) is 0. The van der Waals surface area contributed by atoms with Crippen LogP contribution in [0, 0.1) is 58.2 Å². The lowest BCUT2D eigenvalue weighted by Gasteiger charge is -2.51. The molecule has 18 heavy (non-hydrogen) atoms. The summed E-state index contributed by atoms with van der Waals surface area (Å²) in [7, 11) is 0. The van der Waals surface area contributed by atoms with Crippen LogP contribution < -0.4 is 0 Å². The average molecular weight is 242 g/mol. The van der Waals surface area contributed by atoms with Gasteiger partial charge in [-0.25, -0.2) is 0 Å². The third-order valence-corrected chi connectivity index (χ3v) is 5.89. The molecule has 3 aliphatic carbocycles. The summed E-state index contributed by atoms with van der Waals surface area (Å²) in [4.78, 5) is 0. The molecule has 3 fully saturated rings. The summed E-state index contributed by atoms with van der Waals surface area (Å²) in [6.45, 7) is 0. The second-order valence-corrected chi connectivity index (χ2v) is 6.53. The number of fused-ring (bicyclic) bond motifs is 2. The Morgan fingerprint density at radius 2 is 0.833 bits per heavy atom. The molecule has 0 aromatic carbocycles. The molecule has 0 saturated heterocycles. The van der Waals surface area contributed by atoms with E-state index in [0.717, 1.165) is 0 Å². The SMILES string of the molecule is N#CC1C2CCCCC2C(C#N)C2CCCCC12. The highest BCUT2D eigenvalue weighted by molar-refractivity contribution is 5.10. The van der Waals surface area contributed by atoms with Crippen LogP contribution in [0.15, 0.2) is 0 Å². The fraction of sp³-hybridized carbons (Fsp3) is 0.875. The Morgan fingerprint density at radius 1 is 0.556 bits per heavy atom. The Balaban J connectivity index is 1.93. The minimum Gasteiger partial charge on any atom is -0.198 e. The Kier molecular flexibility index (Phi) is 3.29. The molecule has 0 N–H and O–H groups in total. The molecule has 0 bridgehead atoms. The average Bonchev–Trinajstić information content (AvgIpc) is 2.44. The van der Waals surface area contributed by atoms with Crippen molar-refractivity contribution in [3.63, 3.8) is 0 Å². The molecule has 4 atom stereocenters. The lowest BCUT2D eigenvalue weighted by atomic mass is 9.51. The van der Waals surface area contributed by atoms with Crippen LogP contribution in [-0.4, -0.2) is 0 Å². The van der Waals surface area contributed by atoms with Crippen LogP contribution in [0.3, 0.4) is 0 Å². The van der Waals surface area contributed by atoms with E-state index in [4.69, 9.17) is 0 Å². The molecule has 2 heteroatoms. The van der Waals surface area contributed by atoms with Gasteiger partial charge in [-0.2, -0.15) is 10.5 Å². The van der Waals surface area contributed by atoms with Gasteiger partial charge in [0.25, 0.3) is 0 Å². The predicted octanol–water partition coefficient (Wildman–Crippen LogP) is 3.89. The van der Waals surface area contributed by atoms with Crippen molar-refractivity contribution in [3.05, 3.63) is 0 Å². The van der Waals surface area contributed by atoms with Gasteiger partial charge in [-0.1, -0.05) is 25.7 Å². The quantitative estimate of drug-likeness (QED) is 0.647. The molecule has 0 radical (unpaired) electrons. The molecular weight excluding hydrogens is 220 g/mol. The summed E-state index contributed by atoms with van der Waals surface area (Å²) in [5.74, 6) is 2.65. The van der Waals surface area contributed by atoms with Crippen LogP contribution in [0.5, 0.6) is 0 Å². The normalized spacial score (nSPS) is 47.2. The van der Waals surface area contributed by atoms with Crippen LogP contribution in [0.4, 0.5) is 0 Å². The summed E-state index contributed by atoms with van der Waals surface area (Å²) in [6, 6.07) is 5.28. The van der Waals surface area contributed by atoms with Gasteiger partial charge in [0.15, 0.2) is 0 Å². The van der Waals surface area contributed by atoms with Gasteiger partial charge in [-0.3, -0.25) is 0 Å². The molecular formula is C16H22N2. The summed E-state index contributed by atoms with van der Waals surface area (Å²) < 4.78 is 0. The van der Waals surface area contributed by atoms with Gasteiger partial charge >= 0.3 is 0 Å². The first-order valence-corrected chi connectivity index (χ1v) is 7.66. The van der Waals surface area contributed by atoms with Gasteiger partial charge in [-0.15, -0.1) is 0 Å². The largest absolute Gasteiger partial charge is 0.198 e. The van der Waals surface area contributed by atoms with Gasteiger partial charge in [0.2, 0.25) is 0 Å². The van der Waals surface area contributed by atoms with E-state index >= 15 is 0 Å². The maximum Gasteiger partial charge on any atom is 0.0661 e. The van der Waals surface area contributed by atoms with Crippen LogP contribution in [0.25, 0.3) is 0 Å². The van der Waals surface area contributed by atoms with E-state index < -0.39 is 0 Å². The molecule has 0 aliphatic heterocycles. The third-order valence-electron chi connectivity index (χ3n) is 5.89. The highest BCUT2D eigenvalue weighted by Crippen LogP contribution is 2.55. The van der Waals surface area contributed by atoms with E-state index in [1.165, 1.54) is 51.4 Å². The molecule has 3 aliphatic rings. The standard InChI is InChI=1S/C16H22N2/c17-9-15-11-5-1-2-6-12(11)16(10-18)14-8-4-3-7-13(14)15/h11-16H,1-8H2. The van der Waals surface area contributed by atoms with Gasteiger partial charge in [0, 0.05) is 0 Å². The van der Waals surface area contributed by atoms with E-state index in [-0.39, 0.29) is 11.8 Å². The van der Waals surface area contributed by atoms with Crippen molar-refractivity contribution in [2.24, 2.45) is 35.5 Å². The Bertz CT molecular complexity index is 327. The summed E-state index contributed by atoms with van der Waals surface area (Å²) in [6.07, 6.45) is 9.89. The van der Waals surface area contributed by atoms with Gasteiger partial charge < -0.3 is 0 Å². The topological polar surface area (TPSA) is 47.6 Å². The number of nitriles is 2. The fourth-order valence-electron chi connectivity index (χ4n) is 5.18. The Labute approximate surface area is 110 Å². The molecule has 0 aromatic heterocycles. The smallest absolute Gasteiger partial charge is 0.0661 e. The van der Waals surface area contributed by atoms with Crippen molar-refractivity contribution in [1.29, 1.82) is 10.5 Å². The zero-order valence-electron chi connectivity index (χ0n) is 11.0. The van der Waals surface area contributed by atoms with Crippen molar-refractivity contribution in [2.45, 2.75) is 51.4 Å². The Hall–Kier alpha value is -1.02.